The van der Waals surface area contributed by atoms with E-state index in [-0.39, 0.29) is 25.9 Å². The monoisotopic (exact) mass is 501 g/mol. The van der Waals surface area contributed by atoms with E-state index in [1.54, 1.807) is 40.1 Å². The van der Waals surface area contributed by atoms with Gasteiger partial charge in [-0.25, -0.2) is 14.9 Å². The normalized spacial score (nSPS) is 17.6. The minimum absolute atomic E-state index is 0.0790. The van der Waals surface area contributed by atoms with E-state index < -0.39 is 11.8 Å². The Kier molecular flexibility index (Phi) is 7.64. The Bertz CT molecular complexity index is 1370. The van der Waals surface area contributed by atoms with Crippen LogP contribution in [0.15, 0.2) is 43.2 Å². The van der Waals surface area contributed by atoms with Crippen molar-refractivity contribution in [2.75, 3.05) is 13.1 Å². The number of imidazole rings is 1. The Morgan fingerprint density at radius 3 is 2.47 bits per heavy atom. The average molecular weight is 501 g/mol. The summed E-state index contributed by atoms with van der Waals surface area (Å²) < 4.78 is 44.7. The van der Waals surface area contributed by atoms with Gasteiger partial charge in [0.05, 0.1) is 41.7 Å². The number of carbonyl (C=O) groups excluding carboxylic acids is 2. The molecule has 0 saturated carbocycles. The lowest BCUT2D eigenvalue weighted by Gasteiger charge is -2.28. The Morgan fingerprint density at radius 2 is 1.86 bits per heavy atom. The molecular formula is C22H22F3N9O2. The summed E-state index contributed by atoms with van der Waals surface area (Å²) in [5.74, 6) is 0.544. The third kappa shape index (κ3) is 4.86. The van der Waals surface area contributed by atoms with Gasteiger partial charge in [0.1, 0.15) is 25.0 Å². The van der Waals surface area contributed by atoms with E-state index in [2.05, 4.69) is 15.2 Å². The maximum absolute atomic E-state index is 13.3. The van der Waals surface area contributed by atoms with Gasteiger partial charge >= 0.3 is 6.30 Å². The lowest BCUT2D eigenvalue weighted by Crippen LogP contribution is -2.42. The van der Waals surface area contributed by atoms with E-state index in [1.165, 1.54) is 4.68 Å². The molecule has 0 amide bonds. The quantitative estimate of drug-likeness (QED) is 0.390. The van der Waals surface area contributed by atoms with Crippen LogP contribution >= 0.6 is 0 Å². The van der Waals surface area contributed by atoms with Crippen LogP contribution in [0.25, 0.3) is 28.3 Å². The van der Waals surface area contributed by atoms with Crippen LogP contribution in [0.5, 0.6) is 0 Å². The lowest BCUT2D eigenvalue weighted by atomic mass is 9.95. The predicted molar refractivity (Wildman–Crippen MR) is 121 cm³/mol. The molecule has 1 unspecified atom stereocenters. The maximum atomic E-state index is 13.3. The minimum Gasteiger partial charge on any atom is -0.307 e. The molecule has 1 atom stereocenters. The molecule has 1 aliphatic heterocycles. The van der Waals surface area contributed by atoms with Gasteiger partial charge in [-0.05, 0) is 6.42 Å². The Morgan fingerprint density at radius 1 is 1.14 bits per heavy atom. The molecule has 14 heteroatoms. The largest absolute Gasteiger partial charge is 0.460 e. The molecule has 36 heavy (non-hydrogen) atoms. The highest BCUT2D eigenvalue weighted by atomic mass is 19.4. The van der Waals surface area contributed by atoms with Crippen LogP contribution in [-0.4, -0.2) is 71.8 Å². The first-order chi connectivity index (χ1) is 17.3. The van der Waals surface area contributed by atoms with Gasteiger partial charge in [0.15, 0.2) is 0 Å². The molecule has 1 fully saturated rings. The molecule has 4 aromatic rings. The number of aryl methyl sites for hydroxylation is 1. The highest BCUT2D eigenvalue weighted by molar-refractivity contribution is 5.68. The lowest BCUT2D eigenvalue weighted by molar-refractivity contribution is -0.240. The Balaban J connectivity index is 0.000000861. The fraction of sp³-hybridized carbons (Fsp3) is 0.318. The molecule has 5 rings (SSSR count). The first kappa shape index (κ1) is 26.2. The van der Waals surface area contributed by atoms with Gasteiger partial charge in [-0.2, -0.15) is 28.6 Å². The van der Waals surface area contributed by atoms with Crippen LogP contribution < -0.4 is 0 Å². The van der Waals surface area contributed by atoms with Crippen LogP contribution in [0.4, 0.5) is 13.2 Å². The molecule has 5 heterocycles. The number of nitrogens with zero attached hydrogens (tertiary/aromatic N) is 9. The van der Waals surface area contributed by atoms with Gasteiger partial charge in [-0.15, -0.1) is 0 Å². The molecule has 0 bridgehead atoms. The molecule has 4 aromatic heterocycles. The number of hydrogen-bond donors (Lipinski definition) is 0. The molecule has 1 aliphatic rings. The van der Waals surface area contributed by atoms with E-state index in [9.17, 15) is 18.4 Å². The van der Waals surface area contributed by atoms with Crippen molar-refractivity contribution in [3.8, 4) is 28.7 Å². The standard InChI is InChI=1S/C20H18F3N9.2CH2O/c1-29-11-14(9-26-29)16-8-17-25-5-7-31(17)18(28-16)15-10-27-32(12-15)19(2-4-24)3-6-30(13-19)20(21,22)23;2*1-2/h5,7-12H,2-3,6,13H2,1H3;2*1H2. The van der Waals surface area contributed by atoms with E-state index in [1.807, 2.05) is 39.0 Å². The zero-order valence-corrected chi connectivity index (χ0v) is 19.3. The third-order valence-corrected chi connectivity index (χ3v) is 5.82. The van der Waals surface area contributed by atoms with Gasteiger partial charge in [0.2, 0.25) is 0 Å². The molecular weight excluding hydrogens is 479 g/mol. The summed E-state index contributed by atoms with van der Waals surface area (Å²) >= 11 is 0. The summed E-state index contributed by atoms with van der Waals surface area (Å²) in [7, 11) is 1.81. The SMILES string of the molecule is C=O.C=O.Cn1cc(-c2cc3nccn3c(-c3cnn(C4(CC#N)CCN(C(F)(F)F)C4)c3)n2)cn1. The number of rotatable bonds is 4. The van der Waals surface area contributed by atoms with E-state index in [4.69, 9.17) is 14.6 Å². The highest BCUT2D eigenvalue weighted by Crippen LogP contribution is 2.38. The number of alkyl halides is 3. The first-order valence-electron chi connectivity index (χ1n) is 10.4. The second-order valence-corrected chi connectivity index (χ2v) is 7.90. The molecule has 11 nitrogen and oxygen atoms in total. The zero-order chi connectivity index (χ0) is 26.5. The van der Waals surface area contributed by atoms with Crippen molar-refractivity contribution >= 4 is 19.2 Å². The van der Waals surface area contributed by atoms with E-state index >= 15 is 0 Å². The van der Waals surface area contributed by atoms with E-state index in [0.717, 1.165) is 5.56 Å². The maximum Gasteiger partial charge on any atom is 0.460 e. The number of halogens is 3. The van der Waals surface area contributed by atoms with Crippen molar-refractivity contribution in [2.45, 2.75) is 24.7 Å². The summed E-state index contributed by atoms with van der Waals surface area (Å²) in [4.78, 5) is 25.5. The van der Waals surface area contributed by atoms with Gasteiger partial charge in [-0.1, -0.05) is 0 Å². The number of hydrogen-bond acceptors (Lipinski definition) is 8. The van der Waals surface area contributed by atoms with Gasteiger partial charge in [-0.3, -0.25) is 13.8 Å². The summed E-state index contributed by atoms with van der Waals surface area (Å²) in [6.07, 6.45) is 5.80. The smallest absolute Gasteiger partial charge is 0.307 e. The summed E-state index contributed by atoms with van der Waals surface area (Å²) in [6, 6.07) is 3.87. The minimum atomic E-state index is -4.45. The second-order valence-electron chi connectivity index (χ2n) is 7.90. The Hall–Kier alpha value is -4.38. The van der Waals surface area contributed by atoms with Crippen molar-refractivity contribution in [1.82, 2.24) is 38.8 Å². The van der Waals surface area contributed by atoms with Crippen LogP contribution in [0.3, 0.4) is 0 Å². The van der Waals surface area contributed by atoms with Crippen LogP contribution in [-0.2, 0) is 22.2 Å². The van der Waals surface area contributed by atoms with Crippen molar-refractivity contribution in [3.63, 3.8) is 0 Å². The fourth-order valence-corrected chi connectivity index (χ4v) is 4.16. The van der Waals surface area contributed by atoms with Crippen molar-refractivity contribution < 1.29 is 22.8 Å². The molecule has 0 N–H and O–H groups in total. The second kappa shape index (κ2) is 10.5. The number of fused-ring (bicyclic) bond motifs is 1. The van der Waals surface area contributed by atoms with E-state index in [0.29, 0.717) is 27.6 Å². The van der Waals surface area contributed by atoms with Crippen molar-refractivity contribution in [3.05, 3.63) is 43.2 Å². The van der Waals surface area contributed by atoms with Crippen LogP contribution in [0, 0.1) is 11.3 Å². The van der Waals surface area contributed by atoms with Crippen molar-refractivity contribution in [1.29, 1.82) is 5.26 Å². The van der Waals surface area contributed by atoms with Crippen LogP contribution in [0.1, 0.15) is 12.8 Å². The number of aromatic nitrogens is 7. The van der Waals surface area contributed by atoms with Crippen LogP contribution in [0.2, 0.25) is 0 Å². The van der Waals surface area contributed by atoms with Crippen molar-refractivity contribution in [2.24, 2.45) is 7.05 Å². The van der Waals surface area contributed by atoms with Gasteiger partial charge < -0.3 is 9.59 Å². The highest BCUT2D eigenvalue weighted by Gasteiger charge is 2.49. The Labute approximate surface area is 203 Å². The first-order valence-corrected chi connectivity index (χ1v) is 10.4. The summed E-state index contributed by atoms with van der Waals surface area (Å²) in [5.41, 5.74) is 1.69. The molecule has 188 valence electrons. The number of carbonyl (C=O) groups is 2. The molecule has 0 radical (unpaired) electrons. The molecule has 0 spiro atoms. The average Bonchev–Trinajstić information content (AvgIpc) is 3.67. The van der Waals surface area contributed by atoms with Gasteiger partial charge in [0, 0.05) is 56.6 Å². The summed E-state index contributed by atoms with van der Waals surface area (Å²) in [5, 5.41) is 17.9. The third-order valence-electron chi connectivity index (χ3n) is 5.82. The number of nitriles is 1. The predicted octanol–water partition coefficient (Wildman–Crippen LogP) is 2.46. The topological polar surface area (TPSA) is 127 Å². The summed E-state index contributed by atoms with van der Waals surface area (Å²) in [6.45, 7) is 3.50. The van der Waals surface area contributed by atoms with Gasteiger partial charge in [0.25, 0.3) is 0 Å². The fourth-order valence-electron chi connectivity index (χ4n) is 4.16. The molecule has 0 aliphatic carbocycles. The molecule has 0 aromatic carbocycles. The number of likely N-dealkylation sites (tertiary alicyclic amines) is 1. The zero-order valence-electron chi connectivity index (χ0n) is 19.3. The molecule has 1 saturated heterocycles.